The molecular formula is C14H14Cl2N2O2S. The Kier molecular flexibility index (Phi) is 5.08. The van der Waals surface area contributed by atoms with E-state index in [0.717, 1.165) is 11.8 Å². The summed E-state index contributed by atoms with van der Waals surface area (Å²) in [6.07, 6.45) is 3.34. The van der Waals surface area contributed by atoms with Gasteiger partial charge in [-0.25, -0.2) is 13.4 Å². The standard InChI is InChI=1S/C14H14Cl2N2O2S/c1-21(19,20)13-3-2-7-17-14(13)18-8-6-10-4-5-11(15)9-12(10)16/h2-5,7,9H,6,8H2,1H3,(H,17,18). The van der Waals surface area contributed by atoms with Crippen LogP contribution in [0.25, 0.3) is 0 Å². The van der Waals surface area contributed by atoms with E-state index < -0.39 is 9.84 Å². The Bertz CT molecular complexity index is 748. The Hall–Kier alpha value is -1.30. The summed E-state index contributed by atoms with van der Waals surface area (Å²) < 4.78 is 23.3. The lowest BCUT2D eigenvalue weighted by atomic mass is 10.1. The van der Waals surface area contributed by atoms with Gasteiger partial charge in [-0.1, -0.05) is 29.3 Å². The van der Waals surface area contributed by atoms with Crippen LogP contribution in [0.2, 0.25) is 10.0 Å². The largest absolute Gasteiger partial charge is 0.369 e. The second-order valence-corrected chi connectivity index (χ2v) is 7.36. The number of nitrogens with one attached hydrogen (secondary N) is 1. The maximum Gasteiger partial charge on any atom is 0.179 e. The Morgan fingerprint density at radius 2 is 2.00 bits per heavy atom. The van der Waals surface area contributed by atoms with Gasteiger partial charge in [-0.3, -0.25) is 0 Å². The number of benzene rings is 1. The van der Waals surface area contributed by atoms with Gasteiger partial charge < -0.3 is 5.32 Å². The first-order valence-electron chi connectivity index (χ1n) is 6.21. The van der Waals surface area contributed by atoms with Crippen molar-refractivity contribution >= 4 is 38.9 Å². The van der Waals surface area contributed by atoms with Gasteiger partial charge >= 0.3 is 0 Å². The summed E-state index contributed by atoms with van der Waals surface area (Å²) >= 11 is 11.9. The van der Waals surface area contributed by atoms with E-state index in [0.29, 0.717) is 28.8 Å². The SMILES string of the molecule is CS(=O)(=O)c1cccnc1NCCc1ccc(Cl)cc1Cl. The first-order chi connectivity index (χ1) is 9.88. The van der Waals surface area contributed by atoms with Crippen molar-refractivity contribution in [2.45, 2.75) is 11.3 Å². The van der Waals surface area contributed by atoms with Crippen molar-refractivity contribution in [2.24, 2.45) is 0 Å². The quantitative estimate of drug-likeness (QED) is 0.902. The fraction of sp³-hybridized carbons (Fsp3) is 0.214. The summed E-state index contributed by atoms with van der Waals surface area (Å²) in [4.78, 5) is 4.26. The molecule has 1 N–H and O–H groups in total. The highest BCUT2D eigenvalue weighted by atomic mass is 35.5. The predicted molar refractivity (Wildman–Crippen MR) is 86.0 cm³/mol. The van der Waals surface area contributed by atoms with Gasteiger partial charge in [0.25, 0.3) is 0 Å². The second-order valence-electron chi connectivity index (χ2n) is 4.53. The number of hydrogen-bond acceptors (Lipinski definition) is 4. The van der Waals surface area contributed by atoms with Crippen LogP contribution >= 0.6 is 23.2 Å². The Morgan fingerprint density at radius 3 is 2.67 bits per heavy atom. The predicted octanol–water partition coefficient (Wildman–Crippen LogP) is 3.45. The smallest absolute Gasteiger partial charge is 0.179 e. The molecule has 21 heavy (non-hydrogen) atoms. The maximum absolute atomic E-state index is 11.7. The highest BCUT2D eigenvalue weighted by Crippen LogP contribution is 2.22. The first-order valence-corrected chi connectivity index (χ1v) is 8.85. The molecule has 0 spiro atoms. The summed E-state index contributed by atoms with van der Waals surface area (Å²) in [5.41, 5.74) is 0.936. The van der Waals surface area contributed by atoms with Crippen LogP contribution in [0.5, 0.6) is 0 Å². The third kappa shape index (κ3) is 4.33. The molecule has 112 valence electrons. The van der Waals surface area contributed by atoms with Gasteiger partial charge in [0.2, 0.25) is 0 Å². The van der Waals surface area contributed by atoms with E-state index in [-0.39, 0.29) is 4.90 Å². The van der Waals surface area contributed by atoms with Gasteiger partial charge in [0.15, 0.2) is 9.84 Å². The summed E-state index contributed by atoms with van der Waals surface area (Å²) in [5, 5.41) is 4.20. The van der Waals surface area contributed by atoms with Crippen molar-refractivity contribution in [2.75, 3.05) is 18.1 Å². The van der Waals surface area contributed by atoms with Gasteiger partial charge in [0, 0.05) is 29.0 Å². The zero-order valence-corrected chi connectivity index (χ0v) is 13.6. The van der Waals surface area contributed by atoms with Crippen LogP contribution < -0.4 is 5.32 Å². The number of hydrogen-bond donors (Lipinski definition) is 1. The monoisotopic (exact) mass is 344 g/mol. The molecule has 2 rings (SSSR count). The molecule has 2 aromatic rings. The molecule has 1 aromatic carbocycles. The van der Waals surface area contributed by atoms with Crippen LogP contribution in [0.1, 0.15) is 5.56 Å². The van der Waals surface area contributed by atoms with E-state index in [2.05, 4.69) is 10.3 Å². The number of nitrogens with zero attached hydrogens (tertiary/aromatic N) is 1. The fourth-order valence-electron chi connectivity index (χ4n) is 1.86. The lowest BCUT2D eigenvalue weighted by Crippen LogP contribution is -2.11. The van der Waals surface area contributed by atoms with Crippen molar-refractivity contribution < 1.29 is 8.42 Å². The van der Waals surface area contributed by atoms with Crippen molar-refractivity contribution in [3.63, 3.8) is 0 Å². The van der Waals surface area contributed by atoms with Crippen LogP contribution in [0, 0.1) is 0 Å². The summed E-state index contributed by atoms with van der Waals surface area (Å²) in [6.45, 7) is 0.515. The Balaban J connectivity index is 2.08. The van der Waals surface area contributed by atoms with Crippen LogP contribution in [0.15, 0.2) is 41.4 Å². The van der Waals surface area contributed by atoms with Gasteiger partial charge in [-0.2, -0.15) is 0 Å². The lowest BCUT2D eigenvalue weighted by molar-refractivity contribution is 0.602. The molecule has 0 aliphatic heterocycles. The van der Waals surface area contributed by atoms with E-state index in [9.17, 15) is 8.42 Å². The third-order valence-corrected chi connectivity index (χ3v) is 4.59. The zero-order valence-electron chi connectivity index (χ0n) is 11.3. The molecule has 4 nitrogen and oxygen atoms in total. The van der Waals surface area contributed by atoms with Crippen molar-refractivity contribution in [1.29, 1.82) is 0 Å². The van der Waals surface area contributed by atoms with E-state index >= 15 is 0 Å². The molecular weight excluding hydrogens is 331 g/mol. The maximum atomic E-state index is 11.7. The second kappa shape index (κ2) is 6.64. The van der Waals surface area contributed by atoms with Crippen molar-refractivity contribution in [3.8, 4) is 0 Å². The minimum atomic E-state index is -3.31. The minimum Gasteiger partial charge on any atom is -0.369 e. The average Bonchev–Trinajstić information content (AvgIpc) is 2.41. The number of sulfone groups is 1. The Morgan fingerprint density at radius 1 is 1.24 bits per heavy atom. The summed E-state index contributed by atoms with van der Waals surface area (Å²) in [7, 11) is -3.31. The molecule has 0 atom stereocenters. The number of pyridine rings is 1. The van der Waals surface area contributed by atoms with Crippen molar-refractivity contribution in [3.05, 3.63) is 52.1 Å². The summed E-state index contributed by atoms with van der Waals surface area (Å²) in [6, 6.07) is 8.42. The third-order valence-electron chi connectivity index (χ3n) is 2.87. The zero-order chi connectivity index (χ0) is 15.5. The molecule has 7 heteroatoms. The molecule has 1 heterocycles. The topological polar surface area (TPSA) is 59.1 Å². The van der Waals surface area contributed by atoms with Crippen LogP contribution in [0.3, 0.4) is 0 Å². The van der Waals surface area contributed by atoms with E-state index in [1.807, 2.05) is 6.07 Å². The molecule has 1 aromatic heterocycles. The van der Waals surface area contributed by atoms with E-state index in [1.54, 1.807) is 24.4 Å². The first kappa shape index (κ1) is 16.1. The van der Waals surface area contributed by atoms with Crippen LogP contribution in [-0.2, 0) is 16.3 Å². The average molecular weight is 345 g/mol. The van der Waals surface area contributed by atoms with Gasteiger partial charge in [-0.05, 0) is 36.2 Å². The number of rotatable bonds is 5. The molecule has 0 saturated heterocycles. The molecule has 0 aliphatic rings. The molecule has 0 aliphatic carbocycles. The lowest BCUT2D eigenvalue weighted by Gasteiger charge is -2.10. The summed E-state index contributed by atoms with van der Waals surface area (Å²) in [5.74, 6) is 0.352. The highest BCUT2D eigenvalue weighted by Gasteiger charge is 2.13. The van der Waals surface area contributed by atoms with Crippen LogP contribution in [0.4, 0.5) is 5.82 Å². The van der Waals surface area contributed by atoms with E-state index in [4.69, 9.17) is 23.2 Å². The van der Waals surface area contributed by atoms with Crippen molar-refractivity contribution in [1.82, 2.24) is 4.98 Å². The van der Waals surface area contributed by atoms with Gasteiger partial charge in [-0.15, -0.1) is 0 Å². The molecule has 0 fully saturated rings. The minimum absolute atomic E-state index is 0.187. The fourth-order valence-corrected chi connectivity index (χ4v) is 3.17. The molecule has 0 saturated carbocycles. The van der Waals surface area contributed by atoms with E-state index in [1.165, 1.54) is 6.07 Å². The molecule has 0 amide bonds. The van der Waals surface area contributed by atoms with Gasteiger partial charge in [0.05, 0.1) is 0 Å². The molecule has 0 bridgehead atoms. The Labute approximate surface area is 134 Å². The number of anilines is 1. The number of halogens is 2. The molecule has 0 unspecified atom stereocenters. The highest BCUT2D eigenvalue weighted by molar-refractivity contribution is 7.90. The normalized spacial score (nSPS) is 11.4. The molecule has 0 radical (unpaired) electrons. The van der Waals surface area contributed by atoms with Crippen LogP contribution in [-0.4, -0.2) is 26.2 Å². The van der Waals surface area contributed by atoms with Gasteiger partial charge in [0.1, 0.15) is 10.7 Å². The number of aromatic nitrogens is 1.